The van der Waals surface area contributed by atoms with E-state index in [2.05, 4.69) is 76.7 Å². The van der Waals surface area contributed by atoms with Crippen LogP contribution in [0.15, 0.2) is 57.9 Å². The summed E-state index contributed by atoms with van der Waals surface area (Å²) < 4.78 is 1.19. The van der Waals surface area contributed by atoms with Gasteiger partial charge in [-0.05, 0) is 36.2 Å². The van der Waals surface area contributed by atoms with Gasteiger partial charge in [-0.25, -0.2) is 0 Å². The lowest BCUT2D eigenvalue weighted by molar-refractivity contribution is 0.731. The Kier molecular flexibility index (Phi) is 5.95. The molecule has 19 heavy (non-hydrogen) atoms. The maximum atomic E-state index is 3.57. The zero-order chi connectivity index (χ0) is 13.5. The Morgan fingerprint density at radius 1 is 1.11 bits per heavy atom. The van der Waals surface area contributed by atoms with Crippen LogP contribution in [0, 0.1) is 6.92 Å². The van der Waals surface area contributed by atoms with Gasteiger partial charge < -0.3 is 5.32 Å². The number of aryl methyl sites for hydroxylation is 1. The molecule has 1 nitrogen and oxygen atoms in total. The van der Waals surface area contributed by atoms with Gasteiger partial charge in [0.1, 0.15) is 0 Å². The first-order chi connectivity index (χ1) is 9.25. The van der Waals surface area contributed by atoms with Crippen molar-refractivity contribution in [2.24, 2.45) is 0 Å². The second-order valence-electron chi connectivity index (χ2n) is 4.42. The highest BCUT2D eigenvalue weighted by Gasteiger charge is 1.97. The highest BCUT2D eigenvalue weighted by molar-refractivity contribution is 9.10. The third-order valence-corrected chi connectivity index (χ3v) is 4.72. The molecule has 0 saturated carbocycles. The summed E-state index contributed by atoms with van der Waals surface area (Å²) in [5.74, 6) is 1.09. The number of benzene rings is 2. The van der Waals surface area contributed by atoms with Gasteiger partial charge in [0.15, 0.2) is 0 Å². The lowest BCUT2D eigenvalue weighted by Gasteiger charge is -2.06. The van der Waals surface area contributed by atoms with Crippen molar-refractivity contribution in [3.05, 3.63) is 64.1 Å². The van der Waals surface area contributed by atoms with Gasteiger partial charge in [0.05, 0.1) is 0 Å². The number of thioether (sulfide) groups is 1. The second-order valence-corrected chi connectivity index (χ2v) is 6.44. The van der Waals surface area contributed by atoms with E-state index in [1.807, 2.05) is 11.8 Å². The number of hydrogen-bond donors (Lipinski definition) is 1. The van der Waals surface area contributed by atoms with Crippen LogP contribution in [-0.2, 0) is 6.54 Å². The van der Waals surface area contributed by atoms with E-state index in [4.69, 9.17) is 0 Å². The van der Waals surface area contributed by atoms with Crippen molar-refractivity contribution in [1.29, 1.82) is 0 Å². The standard InChI is InChI=1S/C16H18BrNS/c1-13-7-8-14(11-16(13)17)12-18-9-10-19-15-5-3-2-4-6-15/h2-8,11,18H,9-10,12H2,1H3. The van der Waals surface area contributed by atoms with Crippen LogP contribution >= 0.6 is 27.7 Å². The fraction of sp³-hybridized carbons (Fsp3) is 0.250. The van der Waals surface area contributed by atoms with Crippen molar-refractivity contribution in [2.75, 3.05) is 12.3 Å². The van der Waals surface area contributed by atoms with Crippen molar-refractivity contribution in [3.8, 4) is 0 Å². The van der Waals surface area contributed by atoms with E-state index in [9.17, 15) is 0 Å². The lowest BCUT2D eigenvalue weighted by atomic mass is 10.1. The molecule has 0 unspecified atom stereocenters. The molecule has 2 aromatic carbocycles. The summed E-state index contributed by atoms with van der Waals surface area (Å²) in [6, 6.07) is 17.0. The highest BCUT2D eigenvalue weighted by Crippen LogP contribution is 2.18. The number of nitrogens with one attached hydrogen (secondary N) is 1. The molecule has 0 bridgehead atoms. The first kappa shape index (κ1) is 14.6. The summed E-state index contributed by atoms with van der Waals surface area (Å²) in [7, 11) is 0. The molecule has 2 rings (SSSR count). The molecule has 0 aliphatic carbocycles. The molecule has 0 aromatic heterocycles. The van der Waals surface area contributed by atoms with Crippen LogP contribution in [-0.4, -0.2) is 12.3 Å². The van der Waals surface area contributed by atoms with E-state index in [1.165, 1.54) is 20.5 Å². The minimum Gasteiger partial charge on any atom is -0.312 e. The highest BCUT2D eigenvalue weighted by atomic mass is 79.9. The average Bonchev–Trinajstić information content (AvgIpc) is 2.43. The van der Waals surface area contributed by atoms with E-state index in [1.54, 1.807) is 0 Å². The summed E-state index contributed by atoms with van der Waals surface area (Å²) in [6.45, 7) is 4.05. The Bertz CT molecular complexity index is 513. The predicted molar refractivity (Wildman–Crippen MR) is 87.8 cm³/mol. The summed E-state index contributed by atoms with van der Waals surface area (Å²) in [6.07, 6.45) is 0. The fourth-order valence-corrected chi connectivity index (χ4v) is 2.99. The molecule has 3 heteroatoms. The zero-order valence-corrected chi connectivity index (χ0v) is 13.4. The van der Waals surface area contributed by atoms with Crippen molar-refractivity contribution in [2.45, 2.75) is 18.4 Å². The molecule has 0 fully saturated rings. The Labute approximate surface area is 127 Å². The van der Waals surface area contributed by atoms with E-state index >= 15 is 0 Å². The lowest BCUT2D eigenvalue weighted by Crippen LogP contribution is -2.16. The van der Waals surface area contributed by atoms with Gasteiger partial charge in [0, 0.05) is 28.2 Å². The number of rotatable bonds is 6. The van der Waals surface area contributed by atoms with Gasteiger partial charge in [-0.15, -0.1) is 11.8 Å². The van der Waals surface area contributed by atoms with Gasteiger partial charge in [0.25, 0.3) is 0 Å². The van der Waals surface area contributed by atoms with Crippen LogP contribution in [0.25, 0.3) is 0 Å². The monoisotopic (exact) mass is 335 g/mol. The summed E-state index contributed by atoms with van der Waals surface area (Å²) in [4.78, 5) is 1.34. The second kappa shape index (κ2) is 7.73. The number of halogens is 1. The van der Waals surface area contributed by atoms with Crippen LogP contribution in [0.1, 0.15) is 11.1 Å². The quantitative estimate of drug-likeness (QED) is 0.609. The molecule has 0 atom stereocenters. The van der Waals surface area contributed by atoms with Crippen molar-refractivity contribution in [1.82, 2.24) is 5.32 Å². The molecular weight excluding hydrogens is 318 g/mol. The minimum absolute atomic E-state index is 0.925. The van der Waals surface area contributed by atoms with E-state index in [0.29, 0.717) is 0 Å². The molecule has 1 N–H and O–H groups in total. The van der Waals surface area contributed by atoms with Crippen LogP contribution < -0.4 is 5.32 Å². The minimum atomic E-state index is 0.925. The van der Waals surface area contributed by atoms with Crippen molar-refractivity contribution < 1.29 is 0 Å². The Morgan fingerprint density at radius 3 is 2.63 bits per heavy atom. The largest absolute Gasteiger partial charge is 0.312 e. The molecule has 0 saturated heterocycles. The Balaban J connectivity index is 1.68. The zero-order valence-electron chi connectivity index (χ0n) is 11.0. The van der Waals surface area contributed by atoms with Gasteiger partial charge in [0.2, 0.25) is 0 Å². The van der Waals surface area contributed by atoms with Crippen molar-refractivity contribution >= 4 is 27.7 Å². The predicted octanol–water partition coefficient (Wildman–Crippen LogP) is 4.64. The molecule has 0 aliphatic heterocycles. The van der Waals surface area contributed by atoms with E-state index < -0.39 is 0 Å². The van der Waals surface area contributed by atoms with Gasteiger partial charge in [-0.2, -0.15) is 0 Å². The maximum Gasteiger partial charge on any atom is 0.0207 e. The summed E-state index contributed by atoms with van der Waals surface area (Å²) in [5.41, 5.74) is 2.60. The topological polar surface area (TPSA) is 12.0 Å². The maximum absolute atomic E-state index is 3.57. The average molecular weight is 336 g/mol. The van der Waals surface area contributed by atoms with Crippen molar-refractivity contribution in [3.63, 3.8) is 0 Å². The fourth-order valence-electron chi connectivity index (χ4n) is 1.74. The SMILES string of the molecule is Cc1ccc(CNCCSc2ccccc2)cc1Br. The molecular formula is C16H18BrNS. The number of hydrogen-bond acceptors (Lipinski definition) is 2. The van der Waals surface area contributed by atoms with Gasteiger partial charge in [-0.1, -0.05) is 46.3 Å². The summed E-state index contributed by atoms with van der Waals surface area (Å²) >= 11 is 5.46. The Hall–Kier alpha value is -0.770. The molecule has 0 amide bonds. The normalized spacial score (nSPS) is 10.6. The van der Waals surface area contributed by atoms with E-state index in [-0.39, 0.29) is 0 Å². The smallest absolute Gasteiger partial charge is 0.0207 e. The van der Waals surface area contributed by atoms with Crippen LogP contribution in [0.3, 0.4) is 0 Å². The molecule has 0 spiro atoms. The molecule has 0 aliphatic rings. The summed E-state index contributed by atoms with van der Waals surface area (Å²) in [5, 5.41) is 3.48. The molecule has 0 heterocycles. The Morgan fingerprint density at radius 2 is 1.89 bits per heavy atom. The first-order valence-electron chi connectivity index (χ1n) is 6.39. The molecule has 100 valence electrons. The van der Waals surface area contributed by atoms with Crippen LogP contribution in [0.2, 0.25) is 0 Å². The third kappa shape index (κ3) is 5.01. The molecule has 2 aromatic rings. The third-order valence-electron chi connectivity index (χ3n) is 2.86. The van der Waals surface area contributed by atoms with E-state index in [0.717, 1.165) is 18.8 Å². The van der Waals surface area contributed by atoms with Crippen LogP contribution in [0.5, 0.6) is 0 Å². The first-order valence-corrected chi connectivity index (χ1v) is 8.17. The van der Waals surface area contributed by atoms with Gasteiger partial charge >= 0.3 is 0 Å². The van der Waals surface area contributed by atoms with Gasteiger partial charge in [-0.3, -0.25) is 0 Å². The molecule has 0 radical (unpaired) electrons. The van der Waals surface area contributed by atoms with Crippen LogP contribution in [0.4, 0.5) is 0 Å².